The smallest absolute Gasteiger partial charge is 0.224 e. The topological polar surface area (TPSA) is 81.9 Å². The summed E-state index contributed by atoms with van der Waals surface area (Å²) in [6, 6.07) is 20.9. The monoisotopic (exact) mass is 427 g/mol. The zero-order valence-corrected chi connectivity index (χ0v) is 18.4. The van der Waals surface area contributed by atoms with E-state index in [4.69, 9.17) is 4.74 Å². The molecule has 0 saturated carbocycles. The number of rotatable bonds is 7. The van der Waals surface area contributed by atoms with Gasteiger partial charge in [-0.15, -0.1) is 0 Å². The van der Waals surface area contributed by atoms with Gasteiger partial charge in [-0.2, -0.15) is 10.1 Å². The largest absolute Gasteiger partial charge is 0.439 e. The number of hydrogen-bond donors (Lipinski definition) is 1. The fourth-order valence-electron chi connectivity index (χ4n) is 3.40. The van der Waals surface area contributed by atoms with Gasteiger partial charge in [0.25, 0.3) is 0 Å². The number of nitrogens with one attached hydrogen (secondary N) is 1. The summed E-state index contributed by atoms with van der Waals surface area (Å²) in [5, 5.41) is 7.39. The summed E-state index contributed by atoms with van der Waals surface area (Å²) in [5.74, 6) is 2.26. The molecule has 0 bridgehead atoms. The van der Waals surface area contributed by atoms with Crippen LogP contribution in [0.5, 0.6) is 11.6 Å². The van der Waals surface area contributed by atoms with Gasteiger partial charge >= 0.3 is 0 Å². The van der Waals surface area contributed by atoms with E-state index in [-0.39, 0.29) is 5.91 Å². The van der Waals surface area contributed by atoms with Crippen molar-refractivity contribution in [3.8, 4) is 17.4 Å². The molecule has 1 amide bonds. The third-order valence-electron chi connectivity index (χ3n) is 4.87. The molecule has 7 nitrogen and oxygen atoms in total. The van der Waals surface area contributed by atoms with Crippen LogP contribution in [0.15, 0.2) is 66.7 Å². The molecule has 0 fully saturated rings. The zero-order chi connectivity index (χ0) is 22.5. The predicted molar refractivity (Wildman–Crippen MR) is 123 cm³/mol. The number of aromatic nitrogens is 4. The summed E-state index contributed by atoms with van der Waals surface area (Å²) in [7, 11) is 0. The molecule has 0 unspecified atom stereocenters. The Bertz CT molecular complexity index is 1220. The number of amides is 1. The van der Waals surface area contributed by atoms with Gasteiger partial charge < -0.3 is 10.1 Å². The van der Waals surface area contributed by atoms with Crippen LogP contribution in [0.25, 0.3) is 5.82 Å². The number of benzene rings is 2. The van der Waals surface area contributed by atoms with Crippen molar-refractivity contribution in [2.24, 2.45) is 0 Å². The molecule has 2 aromatic heterocycles. The molecule has 0 saturated heterocycles. The summed E-state index contributed by atoms with van der Waals surface area (Å²) in [6.07, 6.45) is 1.14. The van der Waals surface area contributed by atoms with E-state index in [2.05, 4.69) is 20.4 Å². The van der Waals surface area contributed by atoms with Gasteiger partial charge in [-0.05, 0) is 63.1 Å². The third kappa shape index (κ3) is 5.37. The Labute approximate surface area is 187 Å². The van der Waals surface area contributed by atoms with Crippen LogP contribution in [0.4, 0.5) is 5.69 Å². The quantitative estimate of drug-likeness (QED) is 0.451. The molecular formula is C25H25N5O2. The Hall–Kier alpha value is -4.00. The average molecular weight is 428 g/mol. The number of nitrogens with zero attached hydrogens (tertiary/aromatic N) is 4. The molecule has 4 aromatic rings. The van der Waals surface area contributed by atoms with Crippen LogP contribution in [0, 0.1) is 20.8 Å². The maximum Gasteiger partial charge on any atom is 0.224 e. The number of anilines is 1. The van der Waals surface area contributed by atoms with Gasteiger partial charge in [0.05, 0.1) is 5.69 Å². The average Bonchev–Trinajstić information content (AvgIpc) is 3.12. The second-order valence-corrected chi connectivity index (χ2v) is 7.61. The van der Waals surface area contributed by atoms with Gasteiger partial charge in [-0.3, -0.25) is 4.79 Å². The van der Waals surface area contributed by atoms with E-state index in [1.165, 1.54) is 0 Å². The lowest BCUT2D eigenvalue weighted by Crippen LogP contribution is -2.12. The Balaban J connectivity index is 1.39. The Morgan fingerprint density at radius 1 is 0.969 bits per heavy atom. The standard InChI is InChI=1S/C25H25N5O2/c1-17-15-18(2)30(29-17)23-16-25(27-19(3)26-23)32-22-12-10-21(11-13-22)28-24(31)14-9-20-7-5-4-6-8-20/h4-8,10-13,15-16H,9,14H2,1-3H3,(H,28,31). The summed E-state index contributed by atoms with van der Waals surface area (Å²) < 4.78 is 7.70. The summed E-state index contributed by atoms with van der Waals surface area (Å²) in [6.45, 7) is 5.73. The highest BCUT2D eigenvalue weighted by molar-refractivity contribution is 5.90. The second kappa shape index (κ2) is 9.43. The highest BCUT2D eigenvalue weighted by Gasteiger charge is 2.10. The van der Waals surface area contributed by atoms with E-state index >= 15 is 0 Å². The van der Waals surface area contributed by atoms with Crippen molar-refractivity contribution in [1.29, 1.82) is 0 Å². The molecule has 4 rings (SSSR count). The summed E-state index contributed by atoms with van der Waals surface area (Å²) in [4.78, 5) is 21.1. The van der Waals surface area contributed by atoms with Gasteiger partial charge in [0.1, 0.15) is 11.6 Å². The lowest BCUT2D eigenvalue weighted by molar-refractivity contribution is -0.116. The maximum absolute atomic E-state index is 12.2. The molecule has 7 heteroatoms. The molecule has 2 aromatic carbocycles. The van der Waals surface area contributed by atoms with Crippen molar-refractivity contribution in [1.82, 2.24) is 19.7 Å². The molecule has 0 aliphatic carbocycles. The number of aryl methyl sites for hydroxylation is 4. The molecule has 32 heavy (non-hydrogen) atoms. The number of ether oxygens (including phenoxy) is 1. The molecule has 0 aliphatic rings. The SMILES string of the molecule is Cc1cc(C)n(-c2cc(Oc3ccc(NC(=O)CCc4ccccc4)cc3)nc(C)n2)n1. The van der Waals surface area contributed by atoms with Crippen molar-refractivity contribution < 1.29 is 9.53 Å². The Morgan fingerprint density at radius 2 is 1.72 bits per heavy atom. The first kappa shape index (κ1) is 21.2. The highest BCUT2D eigenvalue weighted by Crippen LogP contribution is 2.23. The first-order valence-electron chi connectivity index (χ1n) is 10.5. The van der Waals surface area contributed by atoms with Crippen LogP contribution in [0.2, 0.25) is 0 Å². The second-order valence-electron chi connectivity index (χ2n) is 7.61. The Kier molecular flexibility index (Phi) is 6.26. The first-order chi connectivity index (χ1) is 15.5. The van der Waals surface area contributed by atoms with Crippen molar-refractivity contribution in [3.63, 3.8) is 0 Å². The molecule has 162 valence electrons. The summed E-state index contributed by atoms with van der Waals surface area (Å²) in [5.41, 5.74) is 3.77. The van der Waals surface area contributed by atoms with Crippen LogP contribution < -0.4 is 10.1 Å². The number of carbonyl (C=O) groups is 1. The van der Waals surface area contributed by atoms with Crippen molar-refractivity contribution in [3.05, 3.63) is 89.5 Å². The first-order valence-corrected chi connectivity index (χ1v) is 10.5. The lowest BCUT2D eigenvalue weighted by atomic mass is 10.1. The minimum absolute atomic E-state index is 0.0246. The van der Waals surface area contributed by atoms with Gasteiger partial charge in [0, 0.05) is 23.9 Å². The fraction of sp³-hybridized carbons (Fsp3) is 0.200. The highest BCUT2D eigenvalue weighted by atomic mass is 16.5. The predicted octanol–water partition coefficient (Wildman–Crippen LogP) is 4.95. The summed E-state index contributed by atoms with van der Waals surface area (Å²) >= 11 is 0. The number of carbonyl (C=O) groups excluding carboxylic acids is 1. The minimum Gasteiger partial charge on any atom is -0.439 e. The van der Waals surface area contributed by atoms with Crippen LogP contribution >= 0.6 is 0 Å². The van der Waals surface area contributed by atoms with E-state index in [1.54, 1.807) is 22.9 Å². The maximum atomic E-state index is 12.2. The Morgan fingerprint density at radius 3 is 2.41 bits per heavy atom. The normalized spacial score (nSPS) is 10.7. The van der Waals surface area contributed by atoms with Crippen molar-refractivity contribution in [2.45, 2.75) is 33.6 Å². The molecular weight excluding hydrogens is 402 g/mol. The van der Waals surface area contributed by atoms with Gasteiger partial charge in [-0.1, -0.05) is 30.3 Å². The molecule has 0 aliphatic heterocycles. The molecule has 0 atom stereocenters. The third-order valence-corrected chi connectivity index (χ3v) is 4.87. The fourth-order valence-corrected chi connectivity index (χ4v) is 3.40. The van der Waals surface area contributed by atoms with E-state index in [1.807, 2.05) is 69.3 Å². The van der Waals surface area contributed by atoms with Crippen molar-refractivity contribution in [2.75, 3.05) is 5.32 Å². The van der Waals surface area contributed by atoms with Crippen LogP contribution in [-0.4, -0.2) is 25.7 Å². The number of hydrogen-bond acceptors (Lipinski definition) is 5. The molecule has 1 N–H and O–H groups in total. The van der Waals surface area contributed by atoms with Gasteiger partial charge in [-0.25, -0.2) is 9.67 Å². The molecule has 0 spiro atoms. The molecule has 0 radical (unpaired) electrons. The van der Waals surface area contributed by atoms with E-state index in [9.17, 15) is 4.79 Å². The molecule has 2 heterocycles. The van der Waals surface area contributed by atoms with Crippen LogP contribution in [0.3, 0.4) is 0 Å². The van der Waals surface area contributed by atoms with Crippen molar-refractivity contribution >= 4 is 11.6 Å². The van der Waals surface area contributed by atoms with E-state index in [0.29, 0.717) is 36.1 Å². The van der Waals surface area contributed by atoms with Crippen LogP contribution in [-0.2, 0) is 11.2 Å². The van der Waals surface area contributed by atoms with E-state index in [0.717, 1.165) is 22.6 Å². The van der Waals surface area contributed by atoms with Gasteiger partial charge in [0.15, 0.2) is 5.82 Å². The van der Waals surface area contributed by atoms with Gasteiger partial charge in [0.2, 0.25) is 11.8 Å². The lowest BCUT2D eigenvalue weighted by Gasteiger charge is -2.10. The zero-order valence-electron chi connectivity index (χ0n) is 18.4. The van der Waals surface area contributed by atoms with Crippen LogP contribution in [0.1, 0.15) is 29.2 Å². The van der Waals surface area contributed by atoms with E-state index < -0.39 is 0 Å². The minimum atomic E-state index is -0.0246.